The fourth-order valence-corrected chi connectivity index (χ4v) is 3.39. The Morgan fingerprint density at radius 1 is 1.37 bits per heavy atom. The largest absolute Gasteiger partial charge is 0.420 e. The van der Waals surface area contributed by atoms with Gasteiger partial charge in [-0.2, -0.15) is 0 Å². The molecule has 1 fully saturated rings. The molecule has 1 saturated heterocycles. The van der Waals surface area contributed by atoms with E-state index in [-0.39, 0.29) is 50.1 Å². The molecular weight excluding hydrogens is 354 g/mol. The first-order valence-corrected chi connectivity index (χ1v) is 8.78. The average molecular weight is 377 g/mol. The third kappa shape index (κ3) is 4.20. The number of ether oxygens (including phenoxy) is 1. The van der Waals surface area contributed by atoms with E-state index in [2.05, 4.69) is 5.32 Å². The van der Waals surface area contributed by atoms with Crippen molar-refractivity contribution in [2.45, 2.75) is 19.0 Å². The van der Waals surface area contributed by atoms with Crippen LogP contribution in [0.5, 0.6) is 0 Å². The summed E-state index contributed by atoms with van der Waals surface area (Å²) in [6.07, 6.45) is 0.557. The second-order valence-electron chi connectivity index (χ2n) is 6.60. The van der Waals surface area contributed by atoms with E-state index in [0.717, 1.165) is 0 Å². The number of amides is 2. The molecule has 2 heterocycles. The molecule has 3 rings (SSSR count). The predicted molar refractivity (Wildman–Crippen MR) is 96.1 cm³/mol. The topological polar surface area (TPSA) is 114 Å². The highest BCUT2D eigenvalue weighted by atomic mass is 16.5. The van der Waals surface area contributed by atoms with Gasteiger partial charge in [0.1, 0.15) is 13.2 Å². The number of hydrogen-bond acceptors (Lipinski definition) is 6. The lowest BCUT2D eigenvalue weighted by Crippen LogP contribution is -2.56. The van der Waals surface area contributed by atoms with Crippen LogP contribution in [0.1, 0.15) is 6.42 Å². The third-order valence-electron chi connectivity index (χ3n) is 4.83. The Hall–Kier alpha value is -2.65. The van der Waals surface area contributed by atoms with Crippen LogP contribution in [0.2, 0.25) is 0 Å². The van der Waals surface area contributed by atoms with Crippen molar-refractivity contribution in [2.24, 2.45) is 5.92 Å². The molecule has 2 aromatic rings. The molecule has 0 saturated carbocycles. The standard InChI is InChI=1S/C18H23N3O6/c1-26-11-16(23)19-13-8-20(7-6-12(13)10-22)17(24)9-21-14-4-2-3-5-15(14)27-18(21)25/h2-5,12-13,22H,6-11H2,1H3,(H,19,23)/t12-,13-/m1/s1. The Morgan fingerprint density at radius 2 is 2.15 bits per heavy atom. The number of nitrogens with zero attached hydrogens (tertiary/aromatic N) is 2. The number of para-hydroxylation sites is 2. The van der Waals surface area contributed by atoms with Crippen LogP contribution in [-0.4, -0.2) is 65.8 Å². The lowest BCUT2D eigenvalue weighted by Gasteiger charge is -2.38. The second kappa shape index (κ2) is 8.36. The minimum Gasteiger partial charge on any atom is -0.408 e. The Balaban J connectivity index is 1.71. The monoisotopic (exact) mass is 377 g/mol. The van der Waals surface area contributed by atoms with Gasteiger partial charge in [-0.15, -0.1) is 0 Å². The molecule has 1 aromatic heterocycles. The maximum absolute atomic E-state index is 12.7. The Labute approximate surface area is 155 Å². The number of aliphatic hydroxyl groups is 1. The summed E-state index contributed by atoms with van der Waals surface area (Å²) in [6.45, 7) is 0.415. The molecule has 9 heteroatoms. The number of fused-ring (bicyclic) bond motifs is 1. The van der Waals surface area contributed by atoms with Gasteiger partial charge in [0.2, 0.25) is 11.8 Å². The van der Waals surface area contributed by atoms with E-state index in [1.54, 1.807) is 29.2 Å². The van der Waals surface area contributed by atoms with Crippen molar-refractivity contribution in [3.05, 3.63) is 34.8 Å². The summed E-state index contributed by atoms with van der Waals surface area (Å²) in [5, 5.41) is 12.3. The Kier molecular flexibility index (Phi) is 5.92. The number of hydrogen-bond donors (Lipinski definition) is 2. The molecule has 0 radical (unpaired) electrons. The quantitative estimate of drug-likeness (QED) is 0.706. The summed E-state index contributed by atoms with van der Waals surface area (Å²) in [5.74, 6) is -1.26. The van der Waals surface area contributed by atoms with E-state index in [1.165, 1.54) is 11.7 Å². The molecule has 1 aliphatic rings. The van der Waals surface area contributed by atoms with Gasteiger partial charge in [-0.1, -0.05) is 12.1 Å². The van der Waals surface area contributed by atoms with Crippen molar-refractivity contribution < 1.29 is 23.8 Å². The summed E-state index contributed by atoms with van der Waals surface area (Å²) in [4.78, 5) is 38.2. The van der Waals surface area contributed by atoms with Gasteiger partial charge < -0.3 is 24.5 Å². The van der Waals surface area contributed by atoms with Gasteiger partial charge in [-0.3, -0.25) is 14.2 Å². The van der Waals surface area contributed by atoms with Crippen molar-refractivity contribution in [3.8, 4) is 0 Å². The van der Waals surface area contributed by atoms with Gasteiger partial charge in [-0.25, -0.2) is 4.79 Å². The zero-order valence-electron chi connectivity index (χ0n) is 15.1. The normalized spacial score (nSPS) is 20.0. The molecule has 27 heavy (non-hydrogen) atoms. The third-order valence-corrected chi connectivity index (χ3v) is 4.83. The summed E-state index contributed by atoms with van der Waals surface area (Å²) < 4.78 is 11.3. The van der Waals surface area contributed by atoms with E-state index >= 15 is 0 Å². The van der Waals surface area contributed by atoms with Gasteiger partial charge >= 0.3 is 5.76 Å². The van der Waals surface area contributed by atoms with Crippen LogP contribution in [-0.2, 0) is 20.9 Å². The fraction of sp³-hybridized carbons (Fsp3) is 0.500. The van der Waals surface area contributed by atoms with E-state index in [9.17, 15) is 19.5 Å². The van der Waals surface area contributed by atoms with Crippen molar-refractivity contribution in [2.75, 3.05) is 33.4 Å². The average Bonchev–Trinajstić information content (AvgIpc) is 2.97. The van der Waals surface area contributed by atoms with Crippen molar-refractivity contribution in [1.82, 2.24) is 14.8 Å². The summed E-state index contributed by atoms with van der Waals surface area (Å²) >= 11 is 0. The van der Waals surface area contributed by atoms with Gasteiger partial charge in [0, 0.05) is 32.7 Å². The van der Waals surface area contributed by atoms with Crippen LogP contribution in [0.15, 0.2) is 33.5 Å². The van der Waals surface area contributed by atoms with E-state index in [0.29, 0.717) is 24.1 Å². The highest BCUT2D eigenvalue weighted by Crippen LogP contribution is 2.19. The van der Waals surface area contributed by atoms with Crippen LogP contribution in [0, 0.1) is 5.92 Å². The Bertz CT molecular complexity index is 873. The second-order valence-corrected chi connectivity index (χ2v) is 6.60. The number of methoxy groups -OCH3 is 1. The van der Waals surface area contributed by atoms with Gasteiger partial charge in [0.25, 0.3) is 0 Å². The predicted octanol–water partition coefficient (Wildman–Crippen LogP) is -0.433. The number of oxazole rings is 1. The maximum Gasteiger partial charge on any atom is 0.420 e. The Morgan fingerprint density at radius 3 is 2.89 bits per heavy atom. The minimum atomic E-state index is -0.584. The lowest BCUT2D eigenvalue weighted by molar-refractivity contribution is -0.136. The summed E-state index contributed by atoms with van der Waals surface area (Å²) in [5.41, 5.74) is 0.991. The van der Waals surface area contributed by atoms with Crippen LogP contribution in [0.3, 0.4) is 0 Å². The van der Waals surface area contributed by atoms with Crippen LogP contribution < -0.4 is 11.1 Å². The smallest absolute Gasteiger partial charge is 0.408 e. The number of likely N-dealkylation sites (tertiary alicyclic amines) is 1. The van der Waals surface area contributed by atoms with Gasteiger partial charge in [0.05, 0.1) is 11.6 Å². The molecule has 1 aliphatic heterocycles. The first kappa shape index (κ1) is 19.1. The zero-order chi connectivity index (χ0) is 19.4. The summed E-state index contributed by atoms with van der Waals surface area (Å²) in [7, 11) is 1.42. The van der Waals surface area contributed by atoms with Crippen LogP contribution >= 0.6 is 0 Å². The number of rotatable bonds is 6. The minimum absolute atomic E-state index is 0.0776. The molecule has 2 atom stereocenters. The molecule has 0 spiro atoms. The van der Waals surface area contributed by atoms with Crippen LogP contribution in [0.4, 0.5) is 0 Å². The first-order valence-electron chi connectivity index (χ1n) is 8.78. The van der Waals surface area contributed by atoms with E-state index < -0.39 is 5.76 Å². The van der Waals surface area contributed by atoms with Gasteiger partial charge in [0.15, 0.2) is 5.58 Å². The van der Waals surface area contributed by atoms with Crippen molar-refractivity contribution in [1.29, 1.82) is 0 Å². The lowest BCUT2D eigenvalue weighted by atomic mass is 9.92. The maximum atomic E-state index is 12.7. The highest BCUT2D eigenvalue weighted by Gasteiger charge is 2.32. The zero-order valence-corrected chi connectivity index (χ0v) is 15.1. The molecular formula is C18H23N3O6. The number of aliphatic hydroxyl groups excluding tert-OH is 1. The fourth-order valence-electron chi connectivity index (χ4n) is 3.39. The van der Waals surface area contributed by atoms with Crippen molar-refractivity contribution in [3.63, 3.8) is 0 Å². The van der Waals surface area contributed by atoms with Crippen molar-refractivity contribution >= 4 is 22.9 Å². The number of nitrogens with one attached hydrogen (secondary N) is 1. The molecule has 2 N–H and O–H groups in total. The first-order chi connectivity index (χ1) is 13.0. The van der Waals surface area contributed by atoms with Crippen LogP contribution in [0.25, 0.3) is 11.1 Å². The highest BCUT2D eigenvalue weighted by molar-refractivity contribution is 5.80. The number of benzene rings is 1. The molecule has 0 aliphatic carbocycles. The molecule has 0 unspecified atom stereocenters. The van der Waals surface area contributed by atoms with E-state index in [4.69, 9.17) is 9.15 Å². The number of carbonyl (C=O) groups is 2. The molecule has 2 amide bonds. The number of piperidine rings is 1. The molecule has 146 valence electrons. The molecule has 9 nitrogen and oxygen atoms in total. The van der Waals surface area contributed by atoms with E-state index in [1.807, 2.05) is 0 Å². The molecule has 0 bridgehead atoms. The SMILES string of the molecule is COCC(=O)N[C@@H]1CN(C(=O)Cn2c(=O)oc3ccccc32)CC[C@@H]1CO. The number of carbonyl (C=O) groups excluding carboxylic acids is 2. The van der Waals surface area contributed by atoms with Gasteiger partial charge in [-0.05, 0) is 18.6 Å². The number of aromatic nitrogens is 1. The summed E-state index contributed by atoms with van der Waals surface area (Å²) in [6, 6.07) is 6.55. The molecule has 1 aromatic carbocycles.